The Bertz CT molecular complexity index is 516. The minimum absolute atomic E-state index is 0.334. The molecule has 7 heteroatoms. The third kappa shape index (κ3) is 2.02. The lowest BCUT2D eigenvalue weighted by Gasteiger charge is -2.15. The summed E-state index contributed by atoms with van der Waals surface area (Å²) in [6, 6.07) is 3.55. The van der Waals surface area contributed by atoms with Gasteiger partial charge in [-0.05, 0) is 31.0 Å². The topological polar surface area (TPSA) is 49.4 Å². The van der Waals surface area contributed by atoms with Crippen molar-refractivity contribution < 1.29 is 8.42 Å². The van der Waals surface area contributed by atoms with E-state index in [4.69, 9.17) is 11.6 Å². The quantitative estimate of drug-likeness (QED) is 0.896. The van der Waals surface area contributed by atoms with Gasteiger partial charge in [0.2, 0.25) is 0 Å². The molecule has 0 unspecified atom stereocenters. The zero-order valence-corrected chi connectivity index (χ0v) is 11.5. The van der Waals surface area contributed by atoms with Crippen LogP contribution in [0.3, 0.4) is 0 Å². The van der Waals surface area contributed by atoms with Gasteiger partial charge in [-0.1, -0.05) is 11.6 Å². The molecule has 0 amide bonds. The van der Waals surface area contributed by atoms with Gasteiger partial charge < -0.3 is 5.32 Å². The Labute approximate surface area is 110 Å². The number of nitrogens with zero attached hydrogens (tertiary/aromatic N) is 1. The highest BCUT2D eigenvalue weighted by atomic mass is 35.5. The van der Waals surface area contributed by atoms with E-state index < -0.39 is 10.0 Å². The second-order valence-corrected chi connectivity index (χ2v) is 8.37. The Morgan fingerprint density at radius 3 is 2.88 bits per heavy atom. The molecule has 1 N–H and O–H groups in total. The van der Waals surface area contributed by atoms with Crippen LogP contribution >= 0.6 is 22.9 Å². The molecule has 2 aliphatic heterocycles. The Balaban J connectivity index is 1.85. The SMILES string of the molecule is O=S(=O)(c1ccc(Cl)s1)N1C[C@@H]2CCN[C@@H]2C1. The third-order valence-corrected chi connectivity index (χ3v) is 7.00. The fourth-order valence-electron chi connectivity index (χ4n) is 2.57. The lowest BCUT2D eigenvalue weighted by Crippen LogP contribution is -2.33. The summed E-state index contributed by atoms with van der Waals surface area (Å²) < 4.78 is 27.1. The second kappa shape index (κ2) is 4.20. The van der Waals surface area contributed by atoms with Crippen LogP contribution in [-0.2, 0) is 10.0 Å². The monoisotopic (exact) mass is 292 g/mol. The van der Waals surface area contributed by atoms with Crippen molar-refractivity contribution in [2.75, 3.05) is 19.6 Å². The number of sulfonamides is 1. The first kappa shape index (κ1) is 11.9. The highest BCUT2D eigenvalue weighted by Crippen LogP contribution is 2.33. The number of rotatable bonds is 2. The van der Waals surface area contributed by atoms with Crippen LogP contribution in [0.1, 0.15) is 6.42 Å². The molecule has 4 nitrogen and oxygen atoms in total. The number of fused-ring (bicyclic) bond motifs is 1. The molecule has 1 aromatic rings. The van der Waals surface area contributed by atoms with Crippen molar-refractivity contribution in [3.8, 4) is 0 Å². The van der Waals surface area contributed by atoms with E-state index in [0.29, 0.717) is 33.6 Å². The smallest absolute Gasteiger partial charge is 0.252 e. The molecule has 2 atom stereocenters. The predicted molar refractivity (Wildman–Crippen MR) is 68.0 cm³/mol. The van der Waals surface area contributed by atoms with Crippen molar-refractivity contribution in [2.24, 2.45) is 5.92 Å². The van der Waals surface area contributed by atoms with E-state index >= 15 is 0 Å². The zero-order valence-electron chi connectivity index (χ0n) is 9.10. The molecule has 1 aromatic heterocycles. The normalized spacial score (nSPS) is 29.7. The van der Waals surface area contributed by atoms with Crippen LogP contribution in [-0.4, -0.2) is 38.4 Å². The molecular formula is C10H13ClN2O2S2. The van der Waals surface area contributed by atoms with E-state index in [9.17, 15) is 8.42 Å². The van der Waals surface area contributed by atoms with Gasteiger partial charge >= 0.3 is 0 Å². The van der Waals surface area contributed by atoms with Gasteiger partial charge in [0, 0.05) is 19.1 Å². The number of halogens is 1. The van der Waals surface area contributed by atoms with Gasteiger partial charge in [-0.2, -0.15) is 4.31 Å². The average Bonchev–Trinajstić information content (AvgIpc) is 2.89. The molecule has 3 rings (SSSR count). The summed E-state index contributed by atoms with van der Waals surface area (Å²) >= 11 is 6.92. The Kier molecular flexibility index (Phi) is 2.95. The Morgan fingerprint density at radius 2 is 2.24 bits per heavy atom. The fourth-order valence-corrected chi connectivity index (χ4v) is 5.73. The minimum Gasteiger partial charge on any atom is -0.312 e. The van der Waals surface area contributed by atoms with Crippen molar-refractivity contribution in [2.45, 2.75) is 16.7 Å². The molecule has 94 valence electrons. The maximum Gasteiger partial charge on any atom is 0.252 e. The van der Waals surface area contributed by atoms with Gasteiger partial charge in [0.1, 0.15) is 4.21 Å². The van der Waals surface area contributed by atoms with Crippen LogP contribution < -0.4 is 5.32 Å². The molecule has 0 bridgehead atoms. The Hall–Kier alpha value is -0.140. The first-order chi connectivity index (χ1) is 8.07. The molecule has 3 heterocycles. The first-order valence-electron chi connectivity index (χ1n) is 5.56. The van der Waals surface area contributed by atoms with Gasteiger partial charge in [0.15, 0.2) is 0 Å². The van der Waals surface area contributed by atoms with Crippen molar-refractivity contribution in [1.29, 1.82) is 0 Å². The average molecular weight is 293 g/mol. The zero-order chi connectivity index (χ0) is 12.0. The number of thiophene rings is 1. The van der Waals surface area contributed by atoms with Gasteiger partial charge in [-0.25, -0.2) is 8.42 Å². The summed E-state index contributed by atoms with van der Waals surface area (Å²) in [5, 5.41) is 3.35. The van der Waals surface area contributed by atoms with Crippen LogP contribution in [0.5, 0.6) is 0 Å². The van der Waals surface area contributed by atoms with Gasteiger partial charge in [0.25, 0.3) is 10.0 Å². The first-order valence-corrected chi connectivity index (χ1v) is 8.20. The van der Waals surface area contributed by atoms with Crippen molar-refractivity contribution in [3.05, 3.63) is 16.5 Å². The maximum atomic E-state index is 12.3. The molecule has 0 aromatic carbocycles. The van der Waals surface area contributed by atoms with E-state index in [1.165, 1.54) is 0 Å². The predicted octanol–water partition coefficient (Wildman–Crippen LogP) is 1.38. The van der Waals surface area contributed by atoms with E-state index in [1.54, 1.807) is 16.4 Å². The van der Waals surface area contributed by atoms with Gasteiger partial charge in [0.05, 0.1) is 4.34 Å². The van der Waals surface area contributed by atoms with Crippen LogP contribution in [0.2, 0.25) is 4.34 Å². The van der Waals surface area contributed by atoms with Crippen molar-refractivity contribution >= 4 is 33.0 Å². The largest absolute Gasteiger partial charge is 0.312 e. The standard InChI is InChI=1S/C10H13ClN2O2S2/c11-9-1-2-10(16-9)17(14,15)13-5-7-3-4-12-8(7)6-13/h1-2,7-8,12H,3-6H2/t7-,8+/m0/s1. The molecule has 0 radical (unpaired) electrons. The number of hydrogen-bond donors (Lipinski definition) is 1. The summed E-state index contributed by atoms with van der Waals surface area (Å²) in [5.41, 5.74) is 0. The summed E-state index contributed by atoms with van der Waals surface area (Å²) in [5.74, 6) is 0.472. The molecule has 0 spiro atoms. The number of nitrogens with one attached hydrogen (secondary N) is 1. The summed E-state index contributed by atoms with van der Waals surface area (Å²) in [6.07, 6.45) is 1.07. The Morgan fingerprint density at radius 1 is 1.41 bits per heavy atom. The molecule has 2 fully saturated rings. The summed E-state index contributed by atoms with van der Waals surface area (Å²) in [7, 11) is -3.33. The van der Waals surface area contributed by atoms with Crippen molar-refractivity contribution in [1.82, 2.24) is 9.62 Å². The number of hydrogen-bond acceptors (Lipinski definition) is 4. The fraction of sp³-hybridized carbons (Fsp3) is 0.600. The van der Waals surface area contributed by atoms with E-state index in [2.05, 4.69) is 5.32 Å². The molecular weight excluding hydrogens is 280 g/mol. The maximum absolute atomic E-state index is 12.3. The molecule has 2 saturated heterocycles. The van der Waals surface area contributed by atoms with Crippen LogP contribution in [0, 0.1) is 5.92 Å². The lowest BCUT2D eigenvalue weighted by molar-refractivity contribution is 0.449. The van der Waals surface area contributed by atoms with Crippen LogP contribution in [0.4, 0.5) is 0 Å². The highest BCUT2D eigenvalue weighted by molar-refractivity contribution is 7.91. The van der Waals surface area contributed by atoms with E-state index in [1.807, 2.05) is 0 Å². The minimum atomic E-state index is -3.33. The molecule has 0 saturated carbocycles. The highest BCUT2D eigenvalue weighted by Gasteiger charge is 2.41. The summed E-state index contributed by atoms with van der Waals surface area (Å²) in [6.45, 7) is 2.23. The van der Waals surface area contributed by atoms with Crippen LogP contribution in [0.15, 0.2) is 16.3 Å². The van der Waals surface area contributed by atoms with E-state index in [-0.39, 0.29) is 0 Å². The molecule has 0 aliphatic carbocycles. The van der Waals surface area contributed by atoms with Gasteiger partial charge in [-0.15, -0.1) is 11.3 Å². The van der Waals surface area contributed by atoms with E-state index in [0.717, 1.165) is 24.3 Å². The molecule has 17 heavy (non-hydrogen) atoms. The van der Waals surface area contributed by atoms with Gasteiger partial charge in [-0.3, -0.25) is 0 Å². The third-order valence-electron chi connectivity index (χ3n) is 3.47. The lowest BCUT2D eigenvalue weighted by atomic mass is 10.1. The summed E-state index contributed by atoms with van der Waals surface area (Å²) in [4.78, 5) is 0. The van der Waals surface area contributed by atoms with Crippen LogP contribution in [0.25, 0.3) is 0 Å². The van der Waals surface area contributed by atoms with Crippen molar-refractivity contribution in [3.63, 3.8) is 0 Å². The second-order valence-electron chi connectivity index (χ2n) is 4.49. The molecule has 2 aliphatic rings.